The molecule has 2 heterocycles. The maximum Gasteiger partial charge on any atom is 0.277 e. The van der Waals surface area contributed by atoms with Crippen molar-refractivity contribution in [2.24, 2.45) is 11.7 Å². The number of rotatable bonds is 4. The van der Waals surface area contributed by atoms with Crippen LogP contribution in [0.15, 0.2) is 30.3 Å². The third kappa shape index (κ3) is 4.06. The summed E-state index contributed by atoms with van der Waals surface area (Å²) in [6, 6.07) is 10.4. The van der Waals surface area contributed by atoms with Crippen LogP contribution in [0.2, 0.25) is 0 Å². The average Bonchev–Trinajstić information content (AvgIpc) is 2.63. The Kier molecular flexibility index (Phi) is 5.35. The van der Waals surface area contributed by atoms with Crippen molar-refractivity contribution in [1.82, 2.24) is 4.90 Å². The summed E-state index contributed by atoms with van der Waals surface area (Å²) in [5.74, 6) is -0.0818. The van der Waals surface area contributed by atoms with Crippen LogP contribution < -0.4 is 15.5 Å². The number of hydrogen-bond donors (Lipinski definition) is 2. The number of piperazine rings is 1. The zero-order chi connectivity index (χ0) is 16.9. The summed E-state index contributed by atoms with van der Waals surface area (Å²) in [7, 11) is 0. The van der Waals surface area contributed by atoms with E-state index in [0.29, 0.717) is 32.5 Å². The van der Waals surface area contributed by atoms with Gasteiger partial charge in [0.05, 0.1) is 26.2 Å². The van der Waals surface area contributed by atoms with Crippen LogP contribution in [0.3, 0.4) is 0 Å². The van der Waals surface area contributed by atoms with Crippen LogP contribution in [0, 0.1) is 5.92 Å². The lowest BCUT2D eigenvalue weighted by Gasteiger charge is -2.35. The number of likely N-dealkylation sites (tertiary alicyclic amines) is 1. The van der Waals surface area contributed by atoms with Crippen molar-refractivity contribution in [3.8, 4) is 0 Å². The number of nitrogens with two attached hydrogens (primary N) is 1. The summed E-state index contributed by atoms with van der Waals surface area (Å²) < 4.78 is 0. The predicted octanol–water partition coefficient (Wildman–Crippen LogP) is -0.885. The second kappa shape index (κ2) is 7.66. The van der Waals surface area contributed by atoms with Crippen LogP contribution in [0.1, 0.15) is 12.8 Å². The van der Waals surface area contributed by atoms with Crippen LogP contribution in [0.5, 0.6) is 0 Å². The van der Waals surface area contributed by atoms with Crippen molar-refractivity contribution in [1.29, 1.82) is 0 Å². The molecule has 2 aliphatic rings. The molecule has 0 spiro atoms. The third-order valence-corrected chi connectivity index (χ3v) is 5.24. The average molecular weight is 331 g/mol. The summed E-state index contributed by atoms with van der Waals surface area (Å²) in [6.07, 6.45) is 1.41. The molecule has 24 heavy (non-hydrogen) atoms. The third-order valence-electron chi connectivity index (χ3n) is 5.24. The Morgan fingerprint density at radius 1 is 1.04 bits per heavy atom. The molecule has 0 atom stereocenters. The number of piperidine rings is 1. The summed E-state index contributed by atoms with van der Waals surface area (Å²) >= 11 is 0. The van der Waals surface area contributed by atoms with Gasteiger partial charge in [0.2, 0.25) is 5.91 Å². The number of nitrogens with one attached hydrogen (secondary N) is 1. The van der Waals surface area contributed by atoms with Crippen molar-refractivity contribution in [3.05, 3.63) is 30.3 Å². The normalized spacial score (nSPS) is 20.2. The number of quaternary nitrogens is 1. The maximum absolute atomic E-state index is 12.5. The number of anilines is 1. The van der Waals surface area contributed by atoms with Crippen molar-refractivity contribution in [3.63, 3.8) is 0 Å². The SMILES string of the molecule is NC(=O)C1CCN(C(=O)C[NH+]2CCN(c3ccccc3)CC2)CC1. The molecule has 0 bridgehead atoms. The van der Waals surface area contributed by atoms with Gasteiger partial charge < -0.3 is 20.4 Å². The molecule has 130 valence electrons. The molecule has 0 saturated carbocycles. The van der Waals surface area contributed by atoms with Crippen molar-refractivity contribution in [2.45, 2.75) is 12.8 Å². The highest BCUT2D eigenvalue weighted by Gasteiger charge is 2.29. The molecule has 0 aliphatic carbocycles. The van der Waals surface area contributed by atoms with E-state index in [0.717, 1.165) is 26.2 Å². The van der Waals surface area contributed by atoms with E-state index < -0.39 is 0 Å². The molecule has 1 aromatic carbocycles. The van der Waals surface area contributed by atoms with Crippen molar-refractivity contribution >= 4 is 17.5 Å². The number of amides is 2. The van der Waals surface area contributed by atoms with Gasteiger partial charge in [-0.3, -0.25) is 9.59 Å². The van der Waals surface area contributed by atoms with Gasteiger partial charge in [0.15, 0.2) is 6.54 Å². The van der Waals surface area contributed by atoms with E-state index in [1.807, 2.05) is 11.0 Å². The highest BCUT2D eigenvalue weighted by Crippen LogP contribution is 2.16. The highest BCUT2D eigenvalue weighted by molar-refractivity contribution is 5.79. The minimum Gasteiger partial charge on any atom is -0.369 e. The molecular weight excluding hydrogens is 304 g/mol. The standard InChI is InChI=1S/C18H26N4O2/c19-18(24)15-6-8-22(9-7-15)17(23)14-20-10-12-21(13-11-20)16-4-2-1-3-5-16/h1-5,15H,6-14H2,(H2,19,24)/p+1. The van der Waals surface area contributed by atoms with Gasteiger partial charge in [-0.25, -0.2) is 0 Å². The molecule has 0 aromatic heterocycles. The van der Waals surface area contributed by atoms with E-state index in [-0.39, 0.29) is 17.7 Å². The van der Waals surface area contributed by atoms with Gasteiger partial charge in [0.1, 0.15) is 0 Å². The molecule has 2 amide bonds. The van der Waals surface area contributed by atoms with E-state index in [4.69, 9.17) is 5.73 Å². The smallest absolute Gasteiger partial charge is 0.277 e. The number of carbonyl (C=O) groups excluding carboxylic acids is 2. The van der Waals surface area contributed by atoms with Gasteiger partial charge in [-0.1, -0.05) is 18.2 Å². The molecule has 2 aliphatic heterocycles. The summed E-state index contributed by atoms with van der Waals surface area (Å²) in [5, 5.41) is 0. The Hall–Kier alpha value is -2.08. The fourth-order valence-corrected chi connectivity index (χ4v) is 3.64. The molecule has 0 radical (unpaired) electrons. The lowest BCUT2D eigenvalue weighted by Crippen LogP contribution is -3.16. The molecule has 2 fully saturated rings. The lowest BCUT2D eigenvalue weighted by molar-refractivity contribution is -0.892. The number of primary amides is 1. The van der Waals surface area contributed by atoms with Crippen molar-refractivity contribution < 1.29 is 14.5 Å². The zero-order valence-corrected chi connectivity index (χ0v) is 14.1. The van der Waals surface area contributed by atoms with Crippen LogP contribution >= 0.6 is 0 Å². The summed E-state index contributed by atoms with van der Waals surface area (Å²) in [4.78, 5) is 29.3. The van der Waals surface area contributed by atoms with Crippen LogP contribution in [-0.4, -0.2) is 62.5 Å². The number of carbonyl (C=O) groups is 2. The van der Waals surface area contributed by atoms with E-state index in [1.165, 1.54) is 10.6 Å². The fraction of sp³-hybridized carbons (Fsp3) is 0.556. The van der Waals surface area contributed by atoms with Crippen LogP contribution in [0.25, 0.3) is 0 Å². The molecule has 6 heteroatoms. The monoisotopic (exact) mass is 331 g/mol. The van der Waals surface area contributed by atoms with Crippen LogP contribution in [-0.2, 0) is 9.59 Å². The molecule has 0 unspecified atom stereocenters. The Bertz CT molecular complexity index is 562. The topological polar surface area (TPSA) is 71.1 Å². The Labute approximate surface area is 143 Å². The fourth-order valence-electron chi connectivity index (χ4n) is 3.64. The molecule has 3 rings (SSSR count). The molecule has 2 saturated heterocycles. The van der Waals surface area contributed by atoms with Gasteiger partial charge in [-0.05, 0) is 25.0 Å². The predicted molar refractivity (Wildman–Crippen MR) is 92.7 cm³/mol. The Morgan fingerprint density at radius 3 is 2.25 bits per heavy atom. The summed E-state index contributed by atoms with van der Waals surface area (Å²) in [5.41, 5.74) is 6.61. The molecule has 6 nitrogen and oxygen atoms in total. The number of benzene rings is 1. The Balaban J connectivity index is 1.43. The maximum atomic E-state index is 12.5. The first-order valence-electron chi connectivity index (χ1n) is 8.84. The van der Waals surface area contributed by atoms with E-state index in [1.54, 1.807) is 0 Å². The minimum atomic E-state index is -0.232. The second-order valence-electron chi connectivity index (χ2n) is 6.81. The summed E-state index contributed by atoms with van der Waals surface area (Å²) in [6.45, 7) is 5.82. The van der Waals surface area contributed by atoms with Gasteiger partial charge in [-0.15, -0.1) is 0 Å². The number of nitrogens with zero attached hydrogens (tertiary/aromatic N) is 2. The Morgan fingerprint density at radius 2 is 1.67 bits per heavy atom. The molecular formula is C18H27N4O2+. The zero-order valence-electron chi connectivity index (χ0n) is 14.1. The van der Waals surface area contributed by atoms with Gasteiger partial charge in [-0.2, -0.15) is 0 Å². The highest BCUT2D eigenvalue weighted by atomic mass is 16.2. The molecule has 3 N–H and O–H groups in total. The first-order valence-corrected chi connectivity index (χ1v) is 8.84. The van der Waals surface area contributed by atoms with Gasteiger partial charge in [0.25, 0.3) is 5.91 Å². The van der Waals surface area contributed by atoms with E-state index in [2.05, 4.69) is 29.2 Å². The molecule has 1 aromatic rings. The first-order chi connectivity index (χ1) is 11.6. The van der Waals surface area contributed by atoms with E-state index >= 15 is 0 Å². The van der Waals surface area contributed by atoms with Gasteiger partial charge >= 0.3 is 0 Å². The number of para-hydroxylation sites is 1. The number of hydrogen-bond acceptors (Lipinski definition) is 3. The van der Waals surface area contributed by atoms with Gasteiger partial charge in [0, 0.05) is 24.7 Å². The largest absolute Gasteiger partial charge is 0.369 e. The first kappa shape index (κ1) is 16.8. The quantitative estimate of drug-likeness (QED) is 0.752. The minimum absolute atomic E-state index is 0.0594. The second-order valence-corrected chi connectivity index (χ2v) is 6.81. The van der Waals surface area contributed by atoms with Crippen LogP contribution in [0.4, 0.5) is 5.69 Å². The van der Waals surface area contributed by atoms with Crippen molar-refractivity contribution in [2.75, 3.05) is 50.7 Å². The lowest BCUT2D eigenvalue weighted by atomic mass is 9.96. The van der Waals surface area contributed by atoms with E-state index in [9.17, 15) is 9.59 Å².